The summed E-state index contributed by atoms with van der Waals surface area (Å²) in [6.07, 6.45) is 14.5. The largest absolute Gasteiger partial charge is 0.506 e. The summed E-state index contributed by atoms with van der Waals surface area (Å²) in [5.41, 5.74) is 3.06. The molecular weight excluding hydrogens is 488 g/mol. The van der Waals surface area contributed by atoms with Crippen molar-refractivity contribution in [1.82, 2.24) is 20.3 Å². The maximum absolute atomic E-state index is 13.0. The van der Waals surface area contributed by atoms with Crippen molar-refractivity contribution in [3.63, 3.8) is 0 Å². The third-order valence-corrected chi connectivity index (χ3v) is 6.96. The van der Waals surface area contributed by atoms with Gasteiger partial charge in [-0.05, 0) is 63.1 Å². The van der Waals surface area contributed by atoms with E-state index in [0.29, 0.717) is 28.5 Å². The number of benzene rings is 1. The number of aromatic nitrogens is 3. The molecule has 0 spiro atoms. The van der Waals surface area contributed by atoms with Crippen LogP contribution in [0.25, 0.3) is 16.6 Å². The van der Waals surface area contributed by atoms with Gasteiger partial charge in [0, 0.05) is 35.6 Å². The zero-order valence-electron chi connectivity index (χ0n) is 24.1. The lowest BCUT2D eigenvalue weighted by molar-refractivity contribution is 0.0917. The lowest BCUT2D eigenvalue weighted by Crippen LogP contribution is -2.37. The van der Waals surface area contributed by atoms with Crippen molar-refractivity contribution in [3.05, 3.63) is 47.9 Å². The number of aliphatic imine (C=N–C) groups is 1. The normalized spacial score (nSPS) is 17.6. The van der Waals surface area contributed by atoms with Crippen LogP contribution in [-0.2, 0) is 0 Å². The number of H-pyrrole nitrogens is 1. The Bertz CT molecular complexity index is 1270. The Morgan fingerprint density at radius 1 is 1.18 bits per heavy atom. The molecule has 210 valence electrons. The Labute approximate surface area is 232 Å². The van der Waals surface area contributed by atoms with Gasteiger partial charge in [-0.25, -0.2) is 9.97 Å². The number of nitrogens with one attached hydrogen (secondary N) is 3. The second kappa shape index (κ2) is 15.0. The van der Waals surface area contributed by atoms with Crippen LogP contribution < -0.4 is 10.6 Å². The van der Waals surface area contributed by atoms with Crippen LogP contribution in [0.3, 0.4) is 0 Å². The van der Waals surface area contributed by atoms with Crippen molar-refractivity contribution >= 4 is 40.4 Å². The van der Waals surface area contributed by atoms with E-state index in [4.69, 9.17) is 0 Å². The number of aromatic hydroxyl groups is 1. The molecule has 0 bridgehead atoms. The minimum absolute atomic E-state index is 0.0494. The van der Waals surface area contributed by atoms with Gasteiger partial charge in [0.25, 0.3) is 5.91 Å². The highest BCUT2D eigenvalue weighted by molar-refractivity contribution is 6.00. The number of hydrogen-bond acceptors (Lipinski definition) is 6. The summed E-state index contributed by atoms with van der Waals surface area (Å²) < 4.78 is 0. The first-order chi connectivity index (χ1) is 19.0. The number of allylic oxidation sites excluding steroid dienone is 1. The molecule has 2 heterocycles. The van der Waals surface area contributed by atoms with E-state index in [1.165, 1.54) is 32.1 Å². The van der Waals surface area contributed by atoms with E-state index in [-0.39, 0.29) is 17.7 Å². The Balaban J connectivity index is 0.00000205. The number of unbranched alkanes of at least 4 members (excludes halogenated alkanes) is 1. The third kappa shape index (κ3) is 8.15. The number of carbonyl (C=O) groups is 1. The molecule has 39 heavy (non-hydrogen) atoms. The SMILES string of the molecule is C/C=C(\N=CCC)c1ccnc(Nc2cc(O)c3[nH]c(C(=O)NC4CCC(CCCC)CC4)cc3c2)n1.CC. The van der Waals surface area contributed by atoms with Crippen LogP contribution in [0.5, 0.6) is 5.75 Å². The lowest BCUT2D eigenvalue weighted by Gasteiger charge is -2.29. The molecule has 8 heteroatoms. The number of nitrogens with zero attached hydrogens (tertiary/aromatic N) is 3. The average molecular weight is 533 g/mol. The summed E-state index contributed by atoms with van der Waals surface area (Å²) in [7, 11) is 0. The van der Waals surface area contributed by atoms with Gasteiger partial charge in [-0.2, -0.15) is 0 Å². The molecule has 2 aromatic heterocycles. The van der Waals surface area contributed by atoms with E-state index < -0.39 is 0 Å². The highest BCUT2D eigenvalue weighted by Crippen LogP contribution is 2.31. The number of anilines is 2. The van der Waals surface area contributed by atoms with E-state index in [1.54, 1.807) is 18.3 Å². The summed E-state index contributed by atoms with van der Waals surface area (Å²) in [6, 6.07) is 7.25. The van der Waals surface area contributed by atoms with E-state index in [9.17, 15) is 9.90 Å². The molecule has 0 radical (unpaired) electrons. The van der Waals surface area contributed by atoms with Crippen LogP contribution in [0.4, 0.5) is 11.6 Å². The van der Waals surface area contributed by atoms with Gasteiger partial charge in [-0.15, -0.1) is 0 Å². The Morgan fingerprint density at radius 2 is 1.95 bits per heavy atom. The lowest BCUT2D eigenvalue weighted by atomic mass is 9.83. The Hall–Kier alpha value is -3.68. The quantitative estimate of drug-likeness (QED) is 0.199. The van der Waals surface area contributed by atoms with Gasteiger partial charge in [-0.3, -0.25) is 9.79 Å². The first-order valence-electron chi connectivity index (χ1n) is 14.5. The molecule has 1 aromatic carbocycles. The number of carbonyl (C=O) groups excluding carboxylic acids is 1. The fraction of sp³-hybridized carbons (Fsp3) is 0.484. The molecular formula is C31H44N6O2. The first kappa shape index (κ1) is 29.9. The van der Waals surface area contributed by atoms with Gasteiger partial charge in [0.15, 0.2) is 0 Å². The second-order valence-corrected chi connectivity index (χ2v) is 9.76. The predicted octanol–water partition coefficient (Wildman–Crippen LogP) is 7.75. The Morgan fingerprint density at radius 3 is 2.64 bits per heavy atom. The van der Waals surface area contributed by atoms with Crippen LogP contribution >= 0.6 is 0 Å². The standard InChI is InChI=1S/C29H38N6O2.C2H6/c1-4-7-8-19-9-11-21(12-10-19)32-28(37)25-17-20-16-22(18-26(36)27(20)34-25)33-29-31-15-13-24(35-29)23(6-3)30-14-5-2;1-2/h6,13-19,21,34,36H,4-5,7-12H2,1-3H3,(H,32,37)(H,31,33,35);1-2H3/b23-6-,30-14?;. The highest BCUT2D eigenvalue weighted by Gasteiger charge is 2.23. The predicted molar refractivity (Wildman–Crippen MR) is 162 cm³/mol. The maximum atomic E-state index is 13.0. The summed E-state index contributed by atoms with van der Waals surface area (Å²) >= 11 is 0. The third-order valence-electron chi connectivity index (χ3n) is 6.96. The molecule has 4 N–H and O–H groups in total. The van der Waals surface area contributed by atoms with Gasteiger partial charge in [0.05, 0.1) is 16.9 Å². The van der Waals surface area contributed by atoms with E-state index in [1.807, 2.05) is 52.1 Å². The average Bonchev–Trinajstić information content (AvgIpc) is 3.40. The molecule has 1 saturated carbocycles. The summed E-state index contributed by atoms with van der Waals surface area (Å²) in [6.45, 7) is 10.2. The molecule has 1 fully saturated rings. The van der Waals surface area contributed by atoms with Crippen LogP contribution in [0.2, 0.25) is 0 Å². The summed E-state index contributed by atoms with van der Waals surface area (Å²) in [5, 5.41) is 17.7. The van der Waals surface area contributed by atoms with Crippen LogP contribution in [0, 0.1) is 5.92 Å². The minimum Gasteiger partial charge on any atom is -0.506 e. The van der Waals surface area contributed by atoms with Crippen molar-refractivity contribution in [2.24, 2.45) is 10.9 Å². The van der Waals surface area contributed by atoms with E-state index in [0.717, 1.165) is 36.3 Å². The van der Waals surface area contributed by atoms with Crippen molar-refractivity contribution in [3.8, 4) is 5.75 Å². The molecule has 3 aromatic rings. The Kier molecular flexibility index (Phi) is 11.5. The molecule has 8 nitrogen and oxygen atoms in total. The van der Waals surface area contributed by atoms with Crippen LogP contribution in [-0.4, -0.2) is 38.2 Å². The number of hydrogen-bond donors (Lipinski definition) is 4. The van der Waals surface area contributed by atoms with E-state index in [2.05, 4.69) is 37.5 Å². The van der Waals surface area contributed by atoms with Gasteiger partial charge in [0.1, 0.15) is 11.4 Å². The number of aromatic amines is 1. The number of amides is 1. The second-order valence-electron chi connectivity index (χ2n) is 9.76. The van der Waals surface area contributed by atoms with Gasteiger partial charge in [-0.1, -0.05) is 53.0 Å². The fourth-order valence-electron chi connectivity index (χ4n) is 4.94. The molecule has 0 unspecified atom stereocenters. The van der Waals surface area contributed by atoms with Crippen molar-refractivity contribution in [2.75, 3.05) is 5.32 Å². The van der Waals surface area contributed by atoms with E-state index >= 15 is 0 Å². The number of rotatable bonds is 10. The summed E-state index contributed by atoms with van der Waals surface area (Å²) in [4.78, 5) is 29.4. The van der Waals surface area contributed by atoms with Crippen LogP contribution in [0.15, 0.2) is 41.5 Å². The highest BCUT2D eigenvalue weighted by atomic mass is 16.3. The van der Waals surface area contributed by atoms with Gasteiger partial charge >= 0.3 is 0 Å². The molecule has 1 amide bonds. The molecule has 0 aliphatic heterocycles. The topological polar surface area (TPSA) is 115 Å². The molecule has 1 aliphatic rings. The zero-order valence-corrected chi connectivity index (χ0v) is 24.1. The zero-order chi connectivity index (χ0) is 28.2. The molecule has 0 saturated heterocycles. The fourth-order valence-corrected chi connectivity index (χ4v) is 4.94. The molecule has 4 rings (SSSR count). The van der Waals surface area contributed by atoms with Gasteiger partial charge < -0.3 is 20.7 Å². The number of phenols is 1. The monoisotopic (exact) mass is 532 g/mol. The smallest absolute Gasteiger partial charge is 0.267 e. The van der Waals surface area contributed by atoms with Crippen molar-refractivity contribution in [1.29, 1.82) is 0 Å². The molecule has 0 atom stereocenters. The minimum atomic E-state index is -0.135. The van der Waals surface area contributed by atoms with Crippen molar-refractivity contribution < 1.29 is 9.90 Å². The first-order valence-corrected chi connectivity index (χ1v) is 14.5. The van der Waals surface area contributed by atoms with Crippen molar-refractivity contribution in [2.45, 2.75) is 92.0 Å². The maximum Gasteiger partial charge on any atom is 0.267 e. The van der Waals surface area contributed by atoms with Crippen LogP contribution in [0.1, 0.15) is 102 Å². The number of fused-ring (bicyclic) bond motifs is 1. The summed E-state index contributed by atoms with van der Waals surface area (Å²) in [5.74, 6) is 1.10. The number of phenolic OH excluding ortho intramolecular Hbond substituents is 1. The molecule has 1 aliphatic carbocycles. The van der Waals surface area contributed by atoms with Gasteiger partial charge in [0.2, 0.25) is 5.95 Å².